The zero-order valence-electron chi connectivity index (χ0n) is 19.6. The number of esters is 1. The lowest BCUT2D eigenvalue weighted by atomic mass is 9.97. The van der Waals surface area contributed by atoms with Crippen LogP contribution in [-0.2, 0) is 41.6 Å². The topological polar surface area (TPSA) is 94.5 Å². The van der Waals surface area contributed by atoms with Crippen molar-refractivity contribution in [3.8, 4) is 0 Å². The molecular formula is C27H26N2O6S. The number of ether oxygens (including phenoxy) is 2. The summed E-state index contributed by atoms with van der Waals surface area (Å²) >= 11 is 0. The Morgan fingerprint density at radius 2 is 1.47 bits per heavy atom. The largest absolute Gasteiger partial charge is 0.404 e. The van der Waals surface area contributed by atoms with E-state index >= 15 is 0 Å². The summed E-state index contributed by atoms with van der Waals surface area (Å²) in [5, 5.41) is 0. The molecule has 9 heteroatoms. The number of carbonyl (C=O) groups excluding carboxylic acids is 1. The van der Waals surface area contributed by atoms with Crippen LogP contribution in [0.25, 0.3) is 0 Å². The fourth-order valence-electron chi connectivity index (χ4n) is 4.31. The summed E-state index contributed by atoms with van der Waals surface area (Å²) in [4.78, 5) is 20.2. The van der Waals surface area contributed by atoms with Crippen molar-refractivity contribution in [2.45, 2.75) is 23.6 Å². The van der Waals surface area contributed by atoms with Gasteiger partial charge in [0, 0.05) is 25.1 Å². The maximum Gasteiger partial charge on any atom is 0.356 e. The Labute approximate surface area is 210 Å². The second-order valence-corrected chi connectivity index (χ2v) is 10.2. The zero-order chi connectivity index (χ0) is 25.0. The number of carbonyl (C=O) groups is 1. The van der Waals surface area contributed by atoms with E-state index in [-0.39, 0.29) is 11.5 Å². The number of benzene rings is 3. The molecular weight excluding hydrogens is 480 g/mol. The number of morpholine rings is 1. The van der Waals surface area contributed by atoms with Crippen LogP contribution in [0.5, 0.6) is 0 Å². The number of nitrogens with zero attached hydrogens (tertiary/aromatic N) is 2. The summed E-state index contributed by atoms with van der Waals surface area (Å²) in [7, 11) is -3.85. The van der Waals surface area contributed by atoms with Gasteiger partial charge in [-0.05, 0) is 35.4 Å². The van der Waals surface area contributed by atoms with E-state index in [1.165, 1.54) is 12.1 Å². The first-order valence-corrected chi connectivity index (χ1v) is 13.1. The van der Waals surface area contributed by atoms with Crippen molar-refractivity contribution in [3.05, 3.63) is 102 Å². The maximum absolute atomic E-state index is 13.3. The van der Waals surface area contributed by atoms with Gasteiger partial charge in [-0.1, -0.05) is 60.7 Å². The summed E-state index contributed by atoms with van der Waals surface area (Å²) in [5.74, 6) is -0.104. The molecule has 1 unspecified atom stereocenters. The highest BCUT2D eigenvalue weighted by Crippen LogP contribution is 2.32. The number of cyclic esters (lactones) is 1. The van der Waals surface area contributed by atoms with Crippen LogP contribution in [0, 0.1) is 0 Å². The van der Waals surface area contributed by atoms with Crippen LogP contribution in [0.3, 0.4) is 0 Å². The first-order valence-electron chi connectivity index (χ1n) is 11.7. The Morgan fingerprint density at radius 3 is 2.14 bits per heavy atom. The second-order valence-electron chi connectivity index (χ2n) is 8.61. The molecule has 3 aromatic carbocycles. The van der Waals surface area contributed by atoms with Crippen LogP contribution >= 0.6 is 0 Å². The minimum absolute atomic E-state index is 0.0928. The van der Waals surface area contributed by atoms with Crippen LogP contribution in [-0.4, -0.2) is 57.2 Å². The molecule has 0 aliphatic carbocycles. The van der Waals surface area contributed by atoms with Gasteiger partial charge in [-0.25, -0.2) is 9.79 Å². The average molecular weight is 507 g/mol. The molecule has 36 heavy (non-hydrogen) atoms. The van der Waals surface area contributed by atoms with E-state index in [2.05, 4.69) is 0 Å². The molecule has 2 aliphatic rings. The Kier molecular flexibility index (Phi) is 6.97. The van der Waals surface area contributed by atoms with Gasteiger partial charge < -0.3 is 9.47 Å². The first-order chi connectivity index (χ1) is 17.5. The quantitative estimate of drug-likeness (QED) is 0.342. The molecule has 0 amide bonds. The van der Waals surface area contributed by atoms with E-state index in [0.717, 1.165) is 11.1 Å². The SMILES string of the molecule is O=C1OC(c2ccccc2)=NC1(Cc1ccc(COS(=O)(=O)c2ccccc2)cc1)N1CCOCC1. The van der Waals surface area contributed by atoms with Gasteiger partial charge >= 0.3 is 5.97 Å². The summed E-state index contributed by atoms with van der Waals surface area (Å²) in [6.07, 6.45) is 0.311. The van der Waals surface area contributed by atoms with Crippen LogP contribution in [0.15, 0.2) is 94.8 Å². The van der Waals surface area contributed by atoms with E-state index in [0.29, 0.717) is 44.2 Å². The molecule has 0 radical (unpaired) electrons. The third-order valence-electron chi connectivity index (χ3n) is 6.24. The Morgan fingerprint density at radius 1 is 0.861 bits per heavy atom. The molecule has 1 atom stereocenters. The number of hydrogen-bond acceptors (Lipinski definition) is 8. The molecule has 3 aromatic rings. The summed E-state index contributed by atoms with van der Waals surface area (Å²) in [5.41, 5.74) is 1.12. The molecule has 0 N–H and O–H groups in total. The van der Waals surface area contributed by atoms with Crippen LogP contribution in [0.1, 0.15) is 16.7 Å². The fraction of sp³-hybridized carbons (Fsp3) is 0.259. The lowest BCUT2D eigenvalue weighted by Crippen LogP contribution is -2.57. The molecule has 0 saturated carbocycles. The van der Waals surface area contributed by atoms with Crippen molar-refractivity contribution in [1.29, 1.82) is 0 Å². The van der Waals surface area contributed by atoms with Crippen LogP contribution in [0.4, 0.5) is 0 Å². The highest BCUT2D eigenvalue weighted by atomic mass is 32.2. The van der Waals surface area contributed by atoms with Gasteiger partial charge in [0.25, 0.3) is 10.1 Å². The predicted molar refractivity (Wildman–Crippen MR) is 133 cm³/mol. The molecule has 0 aromatic heterocycles. The van der Waals surface area contributed by atoms with E-state index in [9.17, 15) is 13.2 Å². The van der Waals surface area contributed by atoms with Crippen molar-refractivity contribution < 1.29 is 26.9 Å². The Hall–Kier alpha value is -3.37. The van der Waals surface area contributed by atoms with E-state index < -0.39 is 21.8 Å². The number of hydrogen-bond donors (Lipinski definition) is 0. The van der Waals surface area contributed by atoms with Crippen LogP contribution in [0.2, 0.25) is 0 Å². The molecule has 2 aliphatic heterocycles. The van der Waals surface area contributed by atoms with E-state index in [1.807, 2.05) is 47.4 Å². The van der Waals surface area contributed by atoms with Crippen LogP contribution < -0.4 is 0 Å². The van der Waals surface area contributed by atoms with Gasteiger partial charge in [0.15, 0.2) is 0 Å². The van der Waals surface area contributed by atoms with E-state index in [1.54, 1.807) is 30.3 Å². The lowest BCUT2D eigenvalue weighted by Gasteiger charge is -2.38. The smallest absolute Gasteiger partial charge is 0.356 e. The van der Waals surface area contributed by atoms with Gasteiger partial charge in [-0.2, -0.15) is 8.42 Å². The van der Waals surface area contributed by atoms with Crippen molar-refractivity contribution in [2.75, 3.05) is 26.3 Å². The molecule has 186 valence electrons. The highest BCUT2D eigenvalue weighted by molar-refractivity contribution is 7.86. The first kappa shape index (κ1) is 24.3. The summed E-state index contributed by atoms with van der Waals surface area (Å²) in [6.45, 7) is 2.05. The average Bonchev–Trinajstić information content (AvgIpc) is 3.26. The highest BCUT2D eigenvalue weighted by Gasteiger charge is 2.51. The zero-order valence-corrected chi connectivity index (χ0v) is 20.4. The number of rotatable bonds is 8. The van der Waals surface area contributed by atoms with Crippen molar-refractivity contribution in [3.63, 3.8) is 0 Å². The Balaban J connectivity index is 1.35. The summed E-state index contributed by atoms with van der Waals surface area (Å²) in [6, 6.07) is 24.7. The standard InChI is InChI=1S/C27H26N2O6S/c30-26-27(29-15-17-33-18-16-29,28-25(35-26)23-7-3-1-4-8-23)19-21-11-13-22(14-12-21)20-34-36(31,32)24-9-5-2-6-10-24/h1-14H,15-20H2. The third-order valence-corrected chi connectivity index (χ3v) is 7.52. The van der Waals surface area contributed by atoms with Gasteiger partial charge in [0.2, 0.25) is 11.6 Å². The third kappa shape index (κ3) is 5.10. The minimum Gasteiger partial charge on any atom is -0.404 e. The minimum atomic E-state index is -3.85. The fourth-order valence-corrected chi connectivity index (χ4v) is 5.22. The molecule has 5 rings (SSSR count). The summed E-state index contributed by atoms with van der Waals surface area (Å²) < 4.78 is 41.2. The van der Waals surface area contributed by atoms with Gasteiger partial charge in [0.05, 0.1) is 24.7 Å². The monoisotopic (exact) mass is 506 g/mol. The van der Waals surface area contributed by atoms with Crippen molar-refractivity contribution >= 4 is 22.0 Å². The predicted octanol–water partition coefficient (Wildman–Crippen LogP) is 3.17. The molecule has 1 fully saturated rings. The molecule has 0 spiro atoms. The Bertz CT molecular complexity index is 1340. The lowest BCUT2D eigenvalue weighted by molar-refractivity contribution is -0.148. The van der Waals surface area contributed by atoms with Crippen molar-refractivity contribution in [2.24, 2.45) is 4.99 Å². The van der Waals surface area contributed by atoms with Gasteiger partial charge in [-0.3, -0.25) is 9.08 Å². The molecule has 1 saturated heterocycles. The second kappa shape index (κ2) is 10.3. The van der Waals surface area contributed by atoms with Gasteiger partial charge in [-0.15, -0.1) is 0 Å². The molecule has 8 nitrogen and oxygen atoms in total. The maximum atomic E-state index is 13.3. The molecule has 2 heterocycles. The van der Waals surface area contributed by atoms with E-state index in [4.69, 9.17) is 18.6 Å². The normalized spacial score (nSPS) is 20.7. The van der Waals surface area contributed by atoms with Gasteiger partial charge in [0.1, 0.15) is 0 Å². The van der Waals surface area contributed by atoms with Crippen molar-refractivity contribution in [1.82, 2.24) is 4.90 Å². The number of aliphatic imine (C=N–C) groups is 1. The molecule has 0 bridgehead atoms.